The Bertz CT molecular complexity index is 234. The zero-order valence-corrected chi connectivity index (χ0v) is 7.69. The molecule has 0 radical (unpaired) electrons. The molecule has 0 fully saturated rings. The van der Waals surface area contributed by atoms with Crippen molar-refractivity contribution in [3.05, 3.63) is 40.8 Å². The van der Waals surface area contributed by atoms with Crippen LogP contribution in [0.3, 0.4) is 0 Å². The van der Waals surface area contributed by atoms with Gasteiger partial charge < -0.3 is 0 Å². The maximum atomic E-state index is 2.13. The summed E-state index contributed by atoms with van der Waals surface area (Å²) in [4.78, 5) is 0. The minimum atomic E-state index is 1.27. The van der Waals surface area contributed by atoms with Crippen molar-refractivity contribution < 1.29 is 0 Å². The van der Waals surface area contributed by atoms with Gasteiger partial charge in [-0.2, -0.15) is 0 Å². The molecule has 11 heavy (non-hydrogen) atoms. The first-order chi connectivity index (χ1) is 5.33. The quantitative estimate of drug-likeness (QED) is 0.646. The molecule has 0 N–H and O–H groups in total. The monoisotopic (exact) mass is 164 g/mol. The zero-order valence-electron chi connectivity index (χ0n) is 6.87. The normalized spacial score (nSPS) is 10.7. The molecule has 0 nitrogen and oxygen atoms in total. The summed E-state index contributed by atoms with van der Waals surface area (Å²) in [5.41, 5.74) is 2.58. The number of thioether (sulfide) groups is 1. The molecule has 0 aliphatic rings. The Morgan fingerprint density at radius 1 is 1.18 bits per heavy atom. The van der Waals surface area contributed by atoms with E-state index in [0.29, 0.717) is 0 Å². The first-order valence-electron chi connectivity index (χ1n) is 3.59. The fourth-order valence-electron chi connectivity index (χ4n) is 0.824. The van der Waals surface area contributed by atoms with Crippen molar-refractivity contribution in [3.63, 3.8) is 0 Å². The van der Waals surface area contributed by atoms with E-state index in [1.54, 1.807) is 11.8 Å². The third-order valence-electron chi connectivity index (χ3n) is 1.47. The summed E-state index contributed by atoms with van der Waals surface area (Å²) in [6.07, 6.45) is 4.18. The predicted molar refractivity (Wildman–Crippen MR) is 53.7 cm³/mol. The summed E-state index contributed by atoms with van der Waals surface area (Å²) in [6, 6.07) is 8.50. The van der Waals surface area contributed by atoms with E-state index in [-0.39, 0.29) is 0 Å². The smallest absolute Gasteiger partial charge is 0.0142 e. The molecule has 58 valence electrons. The van der Waals surface area contributed by atoms with Crippen molar-refractivity contribution in [1.82, 2.24) is 0 Å². The van der Waals surface area contributed by atoms with Gasteiger partial charge in [-0.3, -0.25) is 0 Å². The average molecular weight is 164 g/mol. The van der Waals surface area contributed by atoms with Crippen LogP contribution in [0.2, 0.25) is 0 Å². The molecular formula is C10H12S. The first kappa shape index (κ1) is 8.41. The SMILES string of the molecule is CS/C=C/c1ccc(C)cc1. The van der Waals surface area contributed by atoms with E-state index in [0.717, 1.165) is 0 Å². The molecule has 1 aromatic rings. The van der Waals surface area contributed by atoms with E-state index < -0.39 is 0 Å². The van der Waals surface area contributed by atoms with Crippen LogP contribution in [0.5, 0.6) is 0 Å². The molecule has 0 aliphatic heterocycles. The van der Waals surface area contributed by atoms with Crippen LogP contribution in [0.25, 0.3) is 6.08 Å². The Kier molecular flexibility index (Phi) is 3.24. The standard InChI is InChI=1S/C10H12S/c1-9-3-5-10(6-4-9)7-8-11-2/h3-8H,1-2H3/b8-7+. The first-order valence-corrected chi connectivity index (χ1v) is 4.88. The van der Waals surface area contributed by atoms with Crippen LogP contribution < -0.4 is 0 Å². The lowest BCUT2D eigenvalue weighted by molar-refractivity contribution is 1.46. The molecular weight excluding hydrogens is 152 g/mol. The Morgan fingerprint density at radius 2 is 1.82 bits per heavy atom. The summed E-state index contributed by atoms with van der Waals surface area (Å²) in [6.45, 7) is 2.10. The fourth-order valence-corrected chi connectivity index (χ4v) is 1.12. The van der Waals surface area contributed by atoms with Crippen LogP contribution in [0.15, 0.2) is 29.7 Å². The van der Waals surface area contributed by atoms with E-state index >= 15 is 0 Å². The lowest BCUT2D eigenvalue weighted by Gasteiger charge is -1.93. The number of rotatable bonds is 2. The van der Waals surface area contributed by atoms with Crippen LogP contribution in [-0.4, -0.2) is 6.26 Å². The Hall–Kier alpha value is -0.690. The van der Waals surface area contributed by atoms with Gasteiger partial charge in [0.1, 0.15) is 0 Å². The van der Waals surface area contributed by atoms with Crippen LogP contribution in [0.4, 0.5) is 0 Å². The van der Waals surface area contributed by atoms with Crippen LogP contribution in [0.1, 0.15) is 11.1 Å². The molecule has 1 aromatic carbocycles. The second-order valence-electron chi connectivity index (χ2n) is 2.45. The van der Waals surface area contributed by atoms with Gasteiger partial charge >= 0.3 is 0 Å². The van der Waals surface area contributed by atoms with E-state index in [9.17, 15) is 0 Å². The van der Waals surface area contributed by atoms with Crippen molar-refractivity contribution >= 4 is 17.8 Å². The van der Waals surface area contributed by atoms with Gasteiger partial charge in [0.15, 0.2) is 0 Å². The van der Waals surface area contributed by atoms with Crippen molar-refractivity contribution in [2.24, 2.45) is 0 Å². The van der Waals surface area contributed by atoms with Gasteiger partial charge in [0.05, 0.1) is 0 Å². The predicted octanol–water partition coefficient (Wildman–Crippen LogP) is 3.33. The second kappa shape index (κ2) is 4.24. The zero-order chi connectivity index (χ0) is 8.10. The Labute approximate surface area is 72.3 Å². The highest BCUT2D eigenvalue weighted by molar-refractivity contribution is 8.01. The molecule has 0 heterocycles. The lowest BCUT2D eigenvalue weighted by Crippen LogP contribution is -1.72. The molecule has 0 saturated heterocycles. The minimum Gasteiger partial charge on any atom is -0.138 e. The van der Waals surface area contributed by atoms with Crippen LogP contribution in [0, 0.1) is 6.92 Å². The summed E-state index contributed by atoms with van der Waals surface area (Å²) in [5.74, 6) is 0. The van der Waals surface area contributed by atoms with Gasteiger partial charge in [-0.05, 0) is 30.2 Å². The maximum absolute atomic E-state index is 2.13. The largest absolute Gasteiger partial charge is 0.138 e. The maximum Gasteiger partial charge on any atom is -0.0142 e. The highest BCUT2D eigenvalue weighted by Gasteiger charge is 1.84. The molecule has 0 spiro atoms. The van der Waals surface area contributed by atoms with Crippen LogP contribution in [-0.2, 0) is 0 Å². The molecule has 0 bridgehead atoms. The highest BCUT2D eigenvalue weighted by Crippen LogP contribution is 2.07. The van der Waals surface area contributed by atoms with Gasteiger partial charge in [-0.15, -0.1) is 11.8 Å². The molecule has 0 aromatic heterocycles. The Balaban J connectivity index is 2.73. The molecule has 0 amide bonds. The number of aryl methyl sites for hydroxylation is 1. The van der Waals surface area contributed by atoms with Gasteiger partial charge in [-0.25, -0.2) is 0 Å². The molecule has 1 rings (SSSR count). The summed E-state index contributed by atoms with van der Waals surface area (Å²) < 4.78 is 0. The average Bonchev–Trinajstić information content (AvgIpc) is 2.04. The lowest BCUT2D eigenvalue weighted by atomic mass is 10.2. The van der Waals surface area contributed by atoms with Crippen molar-refractivity contribution in [1.29, 1.82) is 0 Å². The highest BCUT2D eigenvalue weighted by atomic mass is 32.2. The third kappa shape index (κ3) is 2.81. The topological polar surface area (TPSA) is 0 Å². The third-order valence-corrected chi connectivity index (χ3v) is 1.88. The van der Waals surface area contributed by atoms with Gasteiger partial charge in [0, 0.05) is 0 Å². The summed E-state index contributed by atoms with van der Waals surface area (Å²) in [7, 11) is 0. The van der Waals surface area contributed by atoms with E-state index in [1.165, 1.54) is 11.1 Å². The van der Waals surface area contributed by atoms with E-state index in [4.69, 9.17) is 0 Å². The molecule has 0 aliphatic carbocycles. The fraction of sp³-hybridized carbons (Fsp3) is 0.200. The number of benzene rings is 1. The van der Waals surface area contributed by atoms with Crippen molar-refractivity contribution in [2.45, 2.75) is 6.92 Å². The van der Waals surface area contributed by atoms with E-state index in [1.807, 2.05) is 0 Å². The molecule has 0 unspecified atom stereocenters. The van der Waals surface area contributed by atoms with Crippen LogP contribution >= 0.6 is 11.8 Å². The van der Waals surface area contributed by atoms with Gasteiger partial charge in [0.25, 0.3) is 0 Å². The van der Waals surface area contributed by atoms with Gasteiger partial charge in [-0.1, -0.05) is 29.8 Å². The number of hydrogen-bond donors (Lipinski definition) is 0. The number of hydrogen-bond acceptors (Lipinski definition) is 1. The summed E-state index contributed by atoms with van der Waals surface area (Å²) in [5, 5.41) is 2.09. The minimum absolute atomic E-state index is 1.27. The molecule has 0 saturated carbocycles. The summed E-state index contributed by atoms with van der Waals surface area (Å²) >= 11 is 1.72. The second-order valence-corrected chi connectivity index (χ2v) is 3.19. The Morgan fingerprint density at radius 3 is 2.36 bits per heavy atom. The van der Waals surface area contributed by atoms with Gasteiger partial charge in [0.2, 0.25) is 0 Å². The van der Waals surface area contributed by atoms with E-state index in [2.05, 4.69) is 48.9 Å². The molecule has 1 heteroatoms. The molecule has 0 atom stereocenters. The van der Waals surface area contributed by atoms with Crippen molar-refractivity contribution in [2.75, 3.05) is 6.26 Å². The van der Waals surface area contributed by atoms with Crippen molar-refractivity contribution in [3.8, 4) is 0 Å².